The second-order valence-electron chi connectivity index (χ2n) is 6.62. The Labute approximate surface area is 148 Å². The Morgan fingerprint density at radius 2 is 1.92 bits per heavy atom. The molecule has 0 bridgehead atoms. The van der Waals surface area contributed by atoms with Gasteiger partial charge in [-0.2, -0.15) is 4.98 Å². The van der Waals surface area contributed by atoms with Crippen LogP contribution in [0.1, 0.15) is 68.3 Å². The quantitative estimate of drug-likeness (QED) is 0.818. The third-order valence-electron chi connectivity index (χ3n) is 4.86. The summed E-state index contributed by atoms with van der Waals surface area (Å²) in [6, 6.07) is 5.90. The second kappa shape index (κ2) is 8.34. The number of ether oxygens (including phenoxy) is 2. The van der Waals surface area contributed by atoms with E-state index in [4.69, 9.17) is 14.0 Å². The third kappa shape index (κ3) is 4.31. The van der Waals surface area contributed by atoms with Gasteiger partial charge in [0.05, 0.1) is 20.3 Å². The Kier molecular flexibility index (Phi) is 5.91. The van der Waals surface area contributed by atoms with Crippen LogP contribution in [0.15, 0.2) is 22.7 Å². The minimum absolute atomic E-state index is 0.00191. The SMILES string of the molecule is COc1ccc(CNC(C)c2nc(C3CCCCC3)no2)cc1OC. The predicted octanol–water partition coefficient (Wildman–Crippen LogP) is 3.99. The molecule has 0 radical (unpaired) electrons. The number of hydrogen-bond donors (Lipinski definition) is 1. The summed E-state index contributed by atoms with van der Waals surface area (Å²) in [5.41, 5.74) is 1.11. The molecular weight excluding hydrogens is 318 g/mol. The fourth-order valence-electron chi connectivity index (χ4n) is 3.30. The van der Waals surface area contributed by atoms with Gasteiger partial charge >= 0.3 is 0 Å². The van der Waals surface area contributed by atoms with Gasteiger partial charge in [-0.05, 0) is 37.5 Å². The van der Waals surface area contributed by atoms with Crippen molar-refractivity contribution in [2.45, 2.75) is 57.5 Å². The number of benzene rings is 1. The first-order valence-corrected chi connectivity index (χ1v) is 8.99. The van der Waals surface area contributed by atoms with Crippen LogP contribution < -0.4 is 14.8 Å². The molecule has 1 heterocycles. The van der Waals surface area contributed by atoms with E-state index in [0.717, 1.165) is 22.9 Å². The molecule has 3 rings (SSSR count). The maximum atomic E-state index is 5.48. The van der Waals surface area contributed by atoms with E-state index in [1.807, 2.05) is 25.1 Å². The van der Waals surface area contributed by atoms with Crippen LogP contribution in [0.5, 0.6) is 11.5 Å². The number of rotatable bonds is 7. The fourth-order valence-corrected chi connectivity index (χ4v) is 3.30. The topological polar surface area (TPSA) is 69.4 Å². The van der Waals surface area contributed by atoms with E-state index >= 15 is 0 Å². The monoisotopic (exact) mass is 345 g/mol. The predicted molar refractivity (Wildman–Crippen MR) is 94.9 cm³/mol. The number of nitrogens with one attached hydrogen (secondary N) is 1. The first-order valence-electron chi connectivity index (χ1n) is 8.99. The van der Waals surface area contributed by atoms with Gasteiger partial charge in [0.15, 0.2) is 17.3 Å². The molecule has 1 aromatic carbocycles. The van der Waals surface area contributed by atoms with Crippen molar-refractivity contribution < 1.29 is 14.0 Å². The molecule has 2 aromatic rings. The lowest BCUT2D eigenvalue weighted by Gasteiger charge is -2.17. The second-order valence-corrected chi connectivity index (χ2v) is 6.62. The minimum atomic E-state index is -0.00191. The summed E-state index contributed by atoms with van der Waals surface area (Å²) in [4.78, 5) is 4.62. The standard InChI is InChI=1S/C19H27N3O3/c1-13(19-21-18(22-25-19)15-7-5-4-6-8-15)20-12-14-9-10-16(23-2)17(11-14)24-3/h9-11,13,15,20H,4-8,12H2,1-3H3. The molecule has 0 spiro atoms. The lowest BCUT2D eigenvalue weighted by atomic mass is 9.89. The normalized spacial score (nSPS) is 16.6. The van der Waals surface area contributed by atoms with Gasteiger partial charge in [0.25, 0.3) is 0 Å². The van der Waals surface area contributed by atoms with Crippen molar-refractivity contribution in [2.75, 3.05) is 14.2 Å². The molecule has 1 N–H and O–H groups in total. The zero-order valence-corrected chi connectivity index (χ0v) is 15.2. The first kappa shape index (κ1) is 17.7. The summed E-state index contributed by atoms with van der Waals surface area (Å²) >= 11 is 0. The van der Waals surface area contributed by atoms with Crippen molar-refractivity contribution in [3.8, 4) is 11.5 Å². The number of methoxy groups -OCH3 is 2. The summed E-state index contributed by atoms with van der Waals surface area (Å²) in [6.45, 7) is 2.72. The van der Waals surface area contributed by atoms with E-state index in [0.29, 0.717) is 18.4 Å². The number of aromatic nitrogens is 2. The molecule has 1 unspecified atom stereocenters. The maximum absolute atomic E-state index is 5.48. The summed E-state index contributed by atoms with van der Waals surface area (Å²) in [6.07, 6.45) is 6.20. The molecule has 1 aliphatic rings. The summed E-state index contributed by atoms with van der Waals surface area (Å²) in [5, 5.41) is 7.63. The third-order valence-corrected chi connectivity index (χ3v) is 4.86. The van der Waals surface area contributed by atoms with Crippen LogP contribution in [-0.4, -0.2) is 24.4 Å². The van der Waals surface area contributed by atoms with Gasteiger partial charge in [-0.25, -0.2) is 0 Å². The van der Waals surface area contributed by atoms with Gasteiger partial charge in [-0.3, -0.25) is 0 Å². The molecule has 1 fully saturated rings. The zero-order valence-electron chi connectivity index (χ0n) is 15.2. The van der Waals surface area contributed by atoms with Crippen LogP contribution in [0.4, 0.5) is 0 Å². The number of nitrogens with zero attached hydrogens (tertiary/aromatic N) is 2. The average molecular weight is 345 g/mol. The van der Waals surface area contributed by atoms with Crippen LogP contribution in [0.2, 0.25) is 0 Å². The van der Waals surface area contributed by atoms with Crippen molar-refractivity contribution >= 4 is 0 Å². The Morgan fingerprint density at radius 1 is 1.16 bits per heavy atom. The number of hydrogen-bond acceptors (Lipinski definition) is 6. The van der Waals surface area contributed by atoms with Crippen LogP contribution in [0, 0.1) is 0 Å². The van der Waals surface area contributed by atoms with Crippen molar-refractivity contribution in [1.82, 2.24) is 15.5 Å². The molecule has 6 heteroatoms. The summed E-state index contributed by atoms with van der Waals surface area (Å²) < 4.78 is 16.1. The molecule has 1 aliphatic carbocycles. The molecule has 0 amide bonds. The molecular formula is C19H27N3O3. The smallest absolute Gasteiger partial charge is 0.243 e. The van der Waals surface area contributed by atoms with Gasteiger partial charge in [0.2, 0.25) is 5.89 Å². The highest BCUT2D eigenvalue weighted by molar-refractivity contribution is 5.42. The molecule has 0 aliphatic heterocycles. The van der Waals surface area contributed by atoms with Crippen molar-refractivity contribution in [1.29, 1.82) is 0 Å². The van der Waals surface area contributed by atoms with Crippen molar-refractivity contribution in [2.24, 2.45) is 0 Å². The molecule has 25 heavy (non-hydrogen) atoms. The fraction of sp³-hybridized carbons (Fsp3) is 0.579. The first-order chi connectivity index (χ1) is 12.2. The van der Waals surface area contributed by atoms with Gasteiger partial charge < -0.3 is 19.3 Å². The van der Waals surface area contributed by atoms with Crippen LogP contribution in [0.3, 0.4) is 0 Å². The van der Waals surface area contributed by atoms with Gasteiger partial charge in [-0.1, -0.05) is 30.5 Å². The Hall–Kier alpha value is -2.08. The summed E-state index contributed by atoms with van der Waals surface area (Å²) in [7, 11) is 3.28. The molecule has 136 valence electrons. The Morgan fingerprint density at radius 3 is 2.64 bits per heavy atom. The Balaban J connectivity index is 1.59. The lowest BCUT2D eigenvalue weighted by Crippen LogP contribution is -2.18. The van der Waals surface area contributed by atoms with E-state index in [2.05, 4.69) is 15.5 Å². The van der Waals surface area contributed by atoms with Crippen molar-refractivity contribution in [3.05, 3.63) is 35.5 Å². The van der Waals surface area contributed by atoms with Crippen molar-refractivity contribution in [3.63, 3.8) is 0 Å². The Bertz CT molecular complexity index is 680. The van der Waals surface area contributed by atoms with Crippen LogP contribution >= 0.6 is 0 Å². The molecule has 1 saturated carbocycles. The maximum Gasteiger partial charge on any atom is 0.243 e. The molecule has 0 saturated heterocycles. The largest absolute Gasteiger partial charge is 0.493 e. The molecule has 1 aromatic heterocycles. The lowest BCUT2D eigenvalue weighted by molar-refractivity contribution is 0.329. The average Bonchev–Trinajstić information content (AvgIpc) is 3.17. The molecule has 1 atom stereocenters. The zero-order chi connectivity index (χ0) is 17.6. The van der Waals surface area contributed by atoms with Gasteiger partial charge in [0, 0.05) is 12.5 Å². The van der Waals surface area contributed by atoms with E-state index < -0.39 is 0 Å². The van der Waals surface area contributed by atoms with Crippen LogP contribution in [-0.2, 0) is 6.54 Å². The minimum Gasteiger partial charge on any atom is -0.493 e. The van der Waals surface area contributed by atoms with E-state index in [1.54, 1.807) is 14.2 Å². The highest BCUT2D eigenvalue weighted by Gasteiger charge is 2.22. The van der Waals surface area contributed by atoms with E-state index in [1.165, 1.54) is 32.1 Å². The highest BCUT2D eigenvalue weighted by Crippen LogP contribution is 2.31. The van der Waals surface area contributed by atoms with E-state index in [-0.39, 0.29) is 6.04 Å². The van der Waals surface area contributed by atoms with Crippen LogP contribution in [0.25, 0.3) is 0 Å². The van der Waals surface area contributed by atoms with E-state index in [9.17, 15) is 0 Å². The molecule has 6 nitrogen and oxygen atoms in total. The van der Waals surface area contributed by atoms with Gasteiger partial charge in [0.1, 0.15) is 0 Å². The van der Waals surface area contributed by atoms with Gasteiger partial charge in [-0.15, -0.1) is 0 Å². The summed E-state index contributed by atoms with van der Waals surface area (Å²) in [5.74, 6) is 3.44. The highest BCUT2D eigenvalue weighted by atomic mass is 16.5.